The van der Waals surface area contributed by atoms with Gasteiger partial charge in [-0.15, -0.1) is 0 Å². The van der Waals surface area contributed by atoms with E-state index in [1.165, 1.54) is 13.2 Å². The van der Waals surface area contributed by atoms with E-state index in [2.05, 4.69) is 5.32 Å². The molecule has 0 bridgehead atoms. The molecule has 2 amide bonds. The summed E-state index contributed by atoms with van der Waals surface area (Å²) in [5.41, 5.74) is 1.36. The molecule has 0 unspecified atom stereocenters. The molecule has 3 aromatic carbocycles. The number of carbonyl (C=O) groups excluding carboxylic acids is 2. The number of rotatable bonds is 6. The number of nitrogens with zero attached hydrogens (tertiary/aromatic N) is 1. The summed E-state index contributed by atoms with van der Waals surface area (Å²) in [4.78, 5) is 27.1. The van der Waals surface area contributed by atoms with Crippen LogP contribution in [-0.4, -0.2) is 24.0 Å². The van der Waals surface area contributed by atoms with Crippen molar-refractivity contribution in [3.63, 3.8) is 0 Å². The molecule has 0 saturated carbocycles. The summed E-state index contributed by atoms with van der Waals surface area (Å²) in [7, 11) is 1.46. The molecule has 36 heavy (non-hydrogen) atoms. The number of ether oxygens (including phenoxy) is 2. The molecule has 0 spiro atoms. The topological polar surface area (TPSA) is 67.9 Å². The second-order valence-electron chi connectivity index (χ2n) is 7.48. The van der Waals surface area contributed by atoms with E-state index >= 15 is 0 Å². The summed E-state index contributed by atoms with van der Waals surface area (Å²) in [6.07, 6.45) is 1.38. The zero-order valence-electron chi connectivity index (χ0n) is 18.5. The number of nitrogens with one attached hydrogen (secondary N) is 1. The van der Waals surface area contributed by atoms with Crippen molar-refractivity contribution in [2.75, 3.05) is 12.0 Å². The SMILES string of the molecule is COc1cc(/C=C2\C(=O)NC(=S)N(c3cccc(Cl)c3Cl)C2=O)cc(Cl)c1OCc1ccc(Cl)cc1. The molecule has 1 fully saturated rings. The maximum Gasteiger partial charge on any atom is 0.270 e. The molecule has 184 valence electrons. The molecule has 3 aromatic rings. The monoisotopic (exact) mass is 580 g/mol. The van der Waals surface area contributed by atoms with E-state index in [1.54, 1.807) is 42.5 Å². The Morgan fingerprint density at radius 2 is 1.72 bits per heavy atom. The molecule has 0 aliphatic carbocycles. The third kappa shape index (κ3) is 5.45. The molecule has 1 aliphatic rings. The Morgan fingerprint density at radius 3 is 2.42 bits per heavy atom. The Hall–Kier alpha value is -2.81. The number of benzene rings is 3. The van der Waals surface area contributed by atoms with Gasteiger partial charge in [-0.05, 0) is 65.8 Å². The molecular formula is C25H16Cl4N2O4S. The third-order valence-electron chi connectivity index (χ3n) is 5.13. The van der Waals surface area contributed by atoms with Crippen LogP contribution in [0.4, 0.5) is 5.69 Å². The average Bonchev–Trinajstić information content (AvgIpc) is 2.84. The van der Waals surface area contributed by atoms with Crippen molar-refractivity contribution >= 4 is 87.3 Å². The van der Waals surface area contributed by atoms with Gasteiger partial charge in [0, 0.05) is 5.02 Å². The second-order valence-corrected chi connectivity index (χ2v) is 9.50. The summed E-state index contributed by atoms with van der Waals surface area (Å²) >= 11 is 30.0. The van der Waals surface area contributed by atoms with E-state index < -0.39 is 11.8 Å². The highest BCUT2D eigenvalue weighted by Gasteiger charge is 2.35. The fourth-order valence-electron chi connectivity index (χ4n) is 3.41. The highest BCUT2D eigenvalue weighted by atomic mass is 35.5. The van der Waals surface area contributed by atoms with E-state index in [9.17, 15) is 9.59 Å². The zero-order valence-corrected chi connectivity index (χ0v) is 22.3. The molecule has 1 heterocycles. The van der Waals surface area contributed by atoms with Crippen LogP contribution in [-0.2, 0) is 16.2 Å². The Morgan fingerprint density at radius 1 is 1.00 bits per heavy atom. The van der Waals surface area contributed by atoms with Crippen molar-refractivity contribution in [1.29, 1.82) is 0 Å². The fourth-order valence-corrected chi connectivity index (χ4v) is 4.46. The van der Waals surface area contributed by atoms with Crippen LogP contribution >= 0.6 is 58.6 Å². The lowest BCUT2D eigenvalue weighted by atomic mass is 10.1. The molecule has 1 aliphatic heterocycles. The van der Waals surface area contributed by atoms with Crippen molar-refractivity contribution in [2.24, 2.45) is 0 Å². The number of hydrogen-bond donors (Lipinski definition) is 1. The molecule has 11 heteroatoms. The highest BCUT2D eigenvalue weighted by molar-refractivity contribution is 7.80. The van der Waals surface area contributed by atoms with Gasteiger partial charge in [0.2, 0.25) is 0 Å². The van der Waals surface area contributed by atoms with Crippen LogP contribution in [0, 0.1) is 0 Å². The Bertz CT molecular complexity index is 1410. The molecule has 0 aromatic heterocycles. The van der Waals surface area contributed by atoms with Crippen LogP contribution in [0.1, 0.15) is 11.1 Å². The van der Waals surface area contributed by atoms with Gasteiger partial charge in [0.05, 0.1) is 27.9 Å². The fraction of sp³-hybridized carbons (Fsp3) is 0.0800. The Kier molecular flexibility index (Phi) is 8.07. The van der Waals surface area contributed by atoms with Crippen molar-refractivity contribution in [2.45, 2.75) is 6.61 Å². The number of carbonyl (C=O) groups is 2. The maximum atomic E-state index is 13.3. The summed E-state index contributed by atoms with van der Waals surface area (Å²) in [5, 5.41) is 3.58. The number of methoxy groups -OCH3 is 1. The smallest absolute Gasteiger partial charge is 0.270 e. The van der Waals surface area contributed by atoms with Gasteiger partial charge < -0.3 is 9.47 Å². The molecule has 0 radical (unpaired) electrons. The van der Waals surface area contributed by atoms with Crippen LogP contribution in [0.15, 0.2) is 60.2 Å². The first kappa shape index (κ1) is 26.3. The molecule has 0 atom stereocenters. The van der Waals surface area contributed by atoms with Gasteiger partial charge >= 0.3 is 0 Å². The minimum Gasteiger partial charge on any atom is -0.493 e. The van der Waals surface area contributed by atoms with Crippen LogP contribution in [0.25, 0.3) is 6.08 Å². The molecule has 1 N–H and O–H groups in total. The van der Waals surface area contributed by atoms with Gasteiger partial charge in [0.1, 0.15) is 12.2 Å². The summed E-state index contributed by atoms with van der Waals surface area (Å²) in [5.74, 6) is -0.718. The minimum absolute atomic E-state index is 0.118. The van der Waals surface area contributed by atoms with Crippen molar-refractivity contribution in [1.82, 2.24) is 5.32 Å². The van der Waals surface area contributed by atoms with Crippen molar-refractivity contribution in [3.8, 4) is 11.5 Å². The van der Waals surface area contributed by atoms with Crippen LogP contribution in [0.3, 0.4) is 0 Å². The molecule has 4 rings (SSSR count). The van der Waals surface area contributed by atoms with E-state index in [-0.39, 0.29) is 38.0 Å². The second kappa shape index (κ2) is 11.1. The molecule has 1 saturated heterocycles. The van der Waals surface area contributed by atoms with Crippen LogP contribution in [0.2, 0.25) is 20.1 Å². The van der Waals surface area contributed by atoms with Crippen molar-refractivity contribution in [3.05, 3.63) is 91.4 Å². The average molecular weight is 582 g/mol. The van der Waals surface area contributed by atoms with Gasteiger partial charge in [0.15, 0.2) is 16.6 Å². The van der Waals surface area contributed by atoms with Gasteiger partial charge in [-0.3, -0.25) is 19.8 Å². The van der Waals surface area contributed by atoms with E-state index in [4.69, 9.17) is 68.1 Å². The standard InChI is InChI=1S/C25H16Cl4N2O4S/c1-34-20-11-14(10-18(28)22(20)35-12-13-5-7-15(26)8-6-13)9-16-23(32)30-25(36)31(24(16)33)19-4-2-3-17(27)21(19)29/h2-11H,12H2,1H3,(H,30,32,36)/b16-9+. The molecule has 6 nitrogen and oxygen atoms in total. The summed E-state index contributed by atoms with van der Waals surface area (Å²) in [6.45, 7) is 0.224. The maximum absolute atomic E-state index is 13.3. The first-order chi connectivity index (χ1) is 17.2. The van der Waals surface area contributed by atoms with E-state index in [1.807, 2.05) is 12.1 Å². The lowest BCUT2D eigenvalue weighted by molar-refractivity contribution is -0.122. The summed E-state index contributed by atoms with van der Waals surface area (Å²) in [6, 6.07) is 15.1. The van der Waals surface area contributed by atoms with Crippen LogP contribution in [0.5, 0.6) is 11.5 Å². The predicted octanol–water partition coefficient (Wildman–Crippen LogP) is 6.72. The minimum atomic E-state index is -0.675. The Labute approximate surface area is 232 Å². The van der Waals surface area contributed by atoms with Gasteiger partial charge in [0.25, 0.3) is 11.8 Å². The molecular weight excluding hydrogens is 566 g/mol. The van der Waals surface area contributed by atoms with Gasteiger partial charge in [-0.2, -0.15) is 0 Å². The highest BCUT2D eigenvalue weighted by Crippen LogP contribution is 2.38. The number of hydrogen-bond acceptors (Lipinski definition) is 5. The number of anilines is 1. The first-order valence-electron chi connectivity index (χ1n) is 10.3. The lowest BCUT2D eigenvalue weighted by Gasteiger charge is -2.29. The quantitative estimate of drug-likeness (QED) is 0.199. The zero-order chi connectivity index (χ0) is 26.0. The summed E-state index contributed by atoms with van der Waals surface area (Å²) < 4.78 is 11.3. The normalized spacial score (nSPS) is 14.8. The van der Waals surface area contributed by atoms with Crippen molar-refractivity contribution < 1.29 is 19.1 Å². The van der Waals surface area contributed by atoms with Crippen LogP contribution < -0.4 is 19.7 Å². The number of thiocarbonyl (C=S) groups is 1. The lowest BCUT2D eigenvalue weighted by Crippen LogP contribution is -2.54. The third-order valence-corrected chi connectivity index (χ3v) is 6.76. The van der Waals surface area contributed by atoms with E-state index in [0.717, 1.165) is 10.5 Å². The number of halogens is 4. The van der Waals surface area contributed by atoms with Gasteiger partial charge in [-0.1, -0.05) is 64.6 Å². The largest absolute Gasteiger partial charge is 0.493 e. The van der Waals surface area contributed by atoms with E-state index in [0.29, 0.717) is 22.1 Å². The number of amides is 2. The van der Waals surface area contributed by atoms with Gasteiger partial charge in [-0.25, -0.2) is 0 Å². The predicted molar refractivity (Wildman–Crippen MR) is 146 cm³/mol. The first-order valence-corrected chi connectivity index (χ1v) is 12.2. The Balaban J connectivity index is 1.66.